The Labute approximate surface area is 393 Å². The van der Waals surface area contributed by atoms with Crippen molar-refractivity contribution in [3.8, 4) is 44.5 Å². The van der Waals surface area contributed by atoms with Crippen LogP contribution in [0.1, 0.15) is 102 Å². The fourth-order valence-corrected chi connectivity index (χ4v) is 12.4. The average Bonchev–Trinajstić information content (AvgIpc) is 3.58. The molecule has 2 aliphatic heterocycles. The summed E-state index contributed by atoms with van der Waals surface area (Å²) in [6.45, 7) is 16.9. The van der Waals surface area contributed by atoms with Gasteiger partial charge in [-0.3, -0.25) is 0 Å². The third-order valence-electron chi connectivity index (χ3n) is 16.1. The number of rotatable bonds is 7. The molecule has 2 nitrogen and oxygen atoms in total. The Morgan fingerprint density at radius 1 is 0.485 bits per heavy atom. The van der Waals surface area contributed by atoms with E-state index >= 15 is 0 Å². The summed E-state index contributed by atoms with van der Waals surface area (Å²) in [4.78, 5) is 5.45. The van der Waals surface area contributed by atoms with Gasteiger partial charge in [-0.2, -0.15) is 0 Å². The minimum absolute atomic E-state index is 0.0497. The second-order valence-corrected chi connectivity index (χ2v) is 21.4. The smallest absolute Gasteiger partial charge is 0.333 e. The van der Waals surface area contributed by atoms with Gasteiger partial charge in [0.25, 0.3) is 0 Å². The highest BCUT2D eigenvalue weighted by atomic mass is 15.2. The molecule has 66 heavy (non-hydrogen) atoms. The molecule has 3 heteroatoms. The third-order valence-corrected chi connectivity index (χ3v) is 16.1. The fraction of sp³-hybridized carbons (Fsp3) is 0.238. The predicted molar refractivity (Wildman–Crippen MR) is 282 cm³/mol. The third kappa shape index (κ3) is 6.08. The van der Waals surface area contributed by atoms with Crippen molar-refractivity contribution in [2.24, 2.45) is 0 Å². The number of benzene rings is 8. The molecule has 8 aromatic carbocycles. The van der Waals surface area contributed by atoms with Gasteiger partial charge in [0.2, 0.25) is 0 Å². The van der Waals surface area contributed by atoms with Crippen LogP contribution in [0.3, 0.4) is 0 Å². The van der Waals surface area contributed by atoms with E-state index in [4.69, 9.17) is 0 Å². The molecule has 12 rings (SSSR count). The fourth-order valence-electron chi connectivity index (χ4n) is 12.4. The van der Waals surface area contributed by atoms with Gasteiger partial charge in [-0.15, -0.1) is 0 Å². The summed E-state index contributed by atoms with van der Waals surface area (Å²) in [6.07, 6.45) is 5.73. The van der Waals surface area contributed by atoms with Crippen LogP contribution < -0.4 is 20.6 Å². The maximum absolute atomic E-state index is 2.72. The van der Waals surface area contributed by atoms with Crippen molar-refractivity contribution in [1.29, 1.82) is 0 Å². The van der Waals surface area contributed by atoms with Gasteiger partial charge in [0, 0.05) is 39.2 Å². The first kappa shape index (κ1) is 40.9. The van der Waals surface area contributed by atoms with Gasteiger partial charge in [0.15, 0.2) is 0 Å². The highest BCUT2D eigenvalue weighted by molar-refractivity contribution is 6.93. The maximum atomic E-state index is 2.72. The summed E-state index contributed by atoms with van der Waals surface area (Å²) in [5.41, 5.74) is 26.4. The van der Waals surface area contributed by atoms with Crippen molar-refractivity contribution in [2.45, 2.75) is 96.8 Å². The van der Waals surface area contributed by atoms with Crippen molar-refractivity contribution >= 4 is 46.2 Å². The first-order chi connectivity index (χ1) is 32.0. The van der Waals surface area contributed by atoms with E-state index in [1.807, 2.05) is 0 Å². The lowest BCUT2D eigenvalue weighted by Gasteiger charge is -2.49. The van der Waals surface area contributed by atoms with Crippen LogP contribution in [0.2, 0.25) is 0 Å². The number of nitrogens with zero attached hydrogens (tertiary/aromatic N) is 2. The molecule has 0 N–H and O–H groups in total. The van der Waals surface area contributed by atoms with Crippen LogP contribution in [-0.4, -0.2) is 6.85 Å². The highest BCUT2D eigenvalue weighted by Crippen LogP contribution is 2.58. The quantitative estimate of drug-likeness (QED) is 0.147. The molecule has 0 bridgehead atoms. The summed E-state index contributed by atoms with van der Waals surface area (Å²) in [5, 5.41) is 0. The lowest BCUT2D eigenvalue weighted by atomic mass is 9.42. The van der Waals surface area contributed by atoms with Gasteiger partial charge in [-0.1, -0.05) is 176 Å². The van der Waals surface area contributed by atoms with E-state index in [1.165, 1.54) is 137 Å². The molecule has 0 spiro atoms. The second kappa shape index (κ2) is 15.0. The molecule has 0 aromatic heterocycles. The molecule has 0 saturated carbocycles. The maximum Gasteiger partial charge on any atom is 0.333 e. The number of unbranched alkanes of at least 4 members (excludes halogenated alkanes) is 1. The monoisotopic (exact) mass is 854 g/mol. The highest BCUT2D eigenvalue weighted by Gasteiger charge is 2.50. The largest absolute Gasteiger partial charge is 0.376 e. The Morgan fingerprint density at radius 2 is 1.14 bits per heavy atom. The van der Waals surface area contributed by atoms with E-state index in [2.05, 4.69) is 228 Å². The summed E-state index contributed by atoms with van der Waals surface area (Å²) in [5.74, 6) is 0. The van der Waals surface area contributed by atoms with E-state index in [0.717, 1.165) is 6.42 Å². The second-order valence-electron chi connectivity index (χ2n) is 21.4. The van der Waals surface area contributed by atoms with E-state index in [0.29, 0.717) is 0 Å². The van der Waals surface area contributed by atoms with Crippen LogP contribution in [0.4, 0.5) is 28.4 Å². The Morgan fingerprint density at radius 3 is 1.85 bits per heavy atom. The van der Waals surface area contributed by atoms with Gasteiger partial charge in [-0.25, -0.2) is 0 Å². The Bertz CT molecular complexity index is 3220. The number of para-hydroxylation sites is 1. The first-order valence-corrected chi connectivity index (χ1v) is 24.5. The predicted octanol–water partition coefficient (Wildman–Crippen LogP) is 15.7. The minimum Gasteiger partial charge on any atom is -0.376 e. The van der Waals surface area contributed by atoms with Crippen molar-refractivity contribution < 1.29 is 0 Å². The van der Waals surface area contributed by atoms with Gasteiger partial charge >= 0.3 is 6.85 Å². The summed E-state index contributed by atoms with van der Waals surface area (Å²) in [6, 6.07) is 65.5. The summed E-state index contributed by atoms with van der Waals surface area (Å²) >= 11 is 0. The van der Waals surface area contributed by atoms with Crippen LogP contribution >= 0.6 is 0 Å². The van der Waals surface area contributed by atoms with E-state index in [-0.39, 0.29) is 23.1 Å². The molecule has 0 atom stereocenters. The molecule has 0 unspecified atom stereocenters. The van der Waals surface area contributed by atoms with Crippen LogP contribution in [0.25, 0.3) is 44.5 Å². The standard InChI is InChI=1S/C63H59BN2/c1-8-9-21-41-30-33-55(47(36-41)43-24-15-11-16-25-43)65-57-38-44(42-22-13-10-14-23-42)37-49-48-39-52-53(62(4,5)35-34-61(52,2)3)40-56(48)66(45-26-17-12-18-27-45)64(59(49)57)54-32-31-51-58(60(54)65)46-28-19-20-29-50(46)63(51,6)7/h10-20,22-33,36-40H,8-9,21,34-35H2,1-7H3. The number of fused-ring (bicyclic) bond motifs is 9. The Balaban J connectivity index is 1.27. The molecule has 324 valence electrons. The molecule has 0 fully saturated rings. The number of anilines is 5. The van der Waals surface area contributed by atoms with Crippen LogP contribution in [0, 0.1) is 0 Å². The van der Waals surface area contributed by atoms with Gasteiger partial charge in [0.1, 0.15) is 0 Å². The van der Waals surface area contributed by atoms with E-state index in [1.54, 1.807) is 0 Å². The zero-order chi connectivity index (χ0) is 45.1. The zero-order valence-electron chi connectivity index (χ0n) is 39.7. The van der Waals surface area contributed by atoms with Gasteiger partial charge < -0.3 is 9.71 Å². The van der Waals surface area contributed by atoms with Crippen molar-refractivity contribution in [3.63, 3.8) is 0 Å². The topological polar surface area (TPSA) is 6.48 Å². The zero-order valence-corrected chi connectivity index (χ0v) is 39.7. The number of hydrogen-bond donors (Lipinski definition) is 0. The summed E-state index contributed by atoms with van der Waals surface area (Å²) < 4.78 is 0. The molecule has 4 aliphatic rings. The lowest BCUT2D eigenvalue weighted by molar-refractivity contribution is 0.332. The van der Waals surface area contributed by atoms with Gasteiger partial charge in [0.05, 0.1) is 11.4 Å². The molecule has 8 aromatic rings. The Kier molecular flexibility index (Phi) is 9.28. The van der Waals surface area contributed by atoms with Crippen LogP contribution in [-0.2, 0) is 22.7 Å². The molecule has 2 heterocycles. The number of aryl methyl sites for hydroxylation is 1. The van der Waals surface area contributed by atoms with Crippen LogP contribution in [0.5, 0.6) is 0 Å². The summed E-state index contributed by atoms with van der Waals surface area (Å²) in [7, 11) is 0. The van der Waals surface area contributed by atoms with Crippen molar-refractivity contribution in [3.05, 3.63) is 198 Å². The number of hydrogen-bond acceptors (Lipinski definition) is 2. The lowest BCUT2D eigenvalue weighted by Crippen LogP contribution is -2.62. The molecule has 0 amide bonds. The van der Waals surface area contributed by atoms with Crippen molar-refractivity contribution in [1.82, 2.24) is 0 Å². The average molecular weight is 855 g/mol. The molecular weight excluding hydrogens is 796 g/mol. The molecule has 0 radical (unpaired) electrons. The van der Waals surface area contributed by atoms with Crippen LogP contribution in [0.15, 0.2) is 170 Å². The normalized spacial score (nSPS) is 16.4. The Hall–Kier alpha value is -6.58. The van der Waals surface area contributed by atoms with E-state index < -0.39 is 0 Å². The molecule has 0 saturated heterocycles. The first-order valence-electron chi connectivity index (χ1n) is 24.5. The molecule has 2 aliphatic carbocycles. The minimum atomic E-state index is -0.175. The van der Waals surface area contributed by atoms with Gasteiger partial charge in [-0.05, 0) is 152 Å². The van der Waals surface area contributed by atoms with E-state index in [9.17, 15) is 0 Å². The van der Waals surface area contributed by atoms with Crippen molar-refractivity contribution in [2.75, 3.05) is 9.71 Å². The SMILES string of the molecule is CCCCc1ccc(N2c3cc(-c4ccccc4)cc4c3B(c3ccc5c(c32)-c2ccccc2C5(C)C)N(c2ccccc2)c2cc3c(cc2-4)C(C)(C)CCC3(C)C)c(-c2ccccc2)c1. The molecular formula is C63H59BN2.